The normalized spacial score (nSPS) is 22.9. The lowest BCUT2D eigenvalue weighted by Crippen LogP contribution is -2.41. The van der Waals surface area contributed by atoms with Crippen molar-refractivity contribution in [2.75, 3.05) is 0 Å². The van der Waals surface area contributed by atoms with E-state index in [1.54, 1.807) is 0 Å². The van der Waals surface area contributed by atoms with Gasteiger partial charge in [0.1, 0.15) is 0 Å². The molecule has 1 fully saturated rings. The third-order valence-electron chi connectivity index (χ3n) is 4.30. The molecule has 3 nitrogen and oxygen atoms in total. The highest BCUT2D eigenvalue weighted by molar-refractivity contribution is 6.65. The molecule has 100 valence electrons. The highest BCUT2D eigenvalue weighted by Gasteiger charge is 2.52. The van der Waals surface area contributed by atoms with Gasteiger partial charge in [-0.1, -0.05) is 23.7 Å². The molecule has 0 atom stereocenters. The van der Waals surface area contributed by atoms with Crippen molar-refractivity contribution in [3.05, 3.63) is 28.3 Å². The van der Waals surface area contributed by atoms with Gasteiger partial charge in [0, 0.05) is 22.3 Å². The molecule has 0 saturated carbocycles. The Kier molecular flexibility index (Phi) is 2.82. The minimum Gasteiger partial charge on any atom is -0.399 e. The number of fused-ring (bicyclic) bond motifs is 1. The number of halogens is 1. The van der Waals surface area contributed by atoms with Crippen LogP contribution >= 0.6 is 11.6 Å². The minimum absolute atomic E-state index is 0.351. The second-order valence-corrected chi connectivity index (χ2v) is 6.47. The van der Waals surface area contributed by atoms with Gasteiger partial charge in [0.05, 0.1) is 17.7 Å². The number of hydrogen-bond acceptors (Lipinski definition) is 3. The number of benzene rings is 1. The minimum atomic E-state index is -0.414. The standard InChI is InChI=1S/C14H17BClNO2/c1-13(2)14(3,4)19-15(18-13)11-6-5-9-7-17-8-10(9)12(11)16/h5-7H,8H2,1-4H3. The van der Waals surface area contributed by atoms with E-state index >= 15 is 0 Å². The predicted molar refractivity (Wildman–Crippen MR) is 78.5 cm³/mol. The average Bonchev–Trinajstić information content (AvgIpc) is 2.83. The summed E-state index contributed by atoms with van der Waals surface area (Å²) >= 11 is 6.48. The molecule has 0 spiro atoms. The molecule has 0 N–H and O–H groups in total. The highest BCUT2D eigenvalue weighted by atomic mass is 35.5. The van der Waals surface area contributed by atoms with Gasteiger partial charge in [0.25, 0.3) is 0 Å². The Morgan fingerprint density at radius 3 is 2.42 bits per heavy atom. The molecule has 0 aliphatic carbocycles. The van der Waals surface area contributed by atoms with Crippen molar-refractivity contribution in [1.29, 1.82) is 0 Å². The van der Waals surface area contributed by atoms with Crippen LogP contribution in [-0.4, -0.2) is 24.5 Å². The highest BCUT2D eigenvalue weighted by Crippen LogP contribution is 2.37. The van der Waals surface area contributed by atoms with E-state index in [1.807, 2.05) is 46.0 Å². The van der Waals surface area contributed by atoms with Gasteiger partial charge in [-0.15, -0.1) is 0 Å². The topological polar surface area (TPSA) is 30.8 Å². The fourth-order valence-electron chi connectivity index (χ4n) is 2.32. The largest absolute Gasteiger partial charge is 0.496 e. The first kappa shape index (κ1) is 13.2. The van der Waals surface area contributed by atoms with E-state index in [0.717, 1.165) is 16.6 Å². The van der Waals surface area contributed by atoms with Gasteiger partial charge in [0.2, 0.25) is 0 Å². The van der Waals surface area contributed by atoms with Crippen LogP contribution in [0.3, 0.4) is 0 Å². The lowest BCUT2D eigenvalue weighted by atomic mass is 9.77. The smallest absolute Gasteiger partial charge is 0.399 e. The van der Waals surface area contributed by atoms with E-state index < -0.39 is 7.12 Å². The Bertz CT molecular complexity index is 553. The zero-order valence-electron chi connectivity index (χ0n) is 11.7. The van der Waals surface area contributed by atoms with Crippen molar-refractivity contribution in [1.82, 2.24) is 0 Å². The van der Waals surface area contributed by atoms with Gasteiger partial charge >= 0.3 is 7.12 Å². The Morgan fingerprint density at radius 1 is 1.16 bits per heavy atom. The van der Waals surface area contributed by atoms with Crippen LogP contribution in [0.4, 0.5) is 0 Å². The second-order valence-electron chi connectivity index (χ2n) is 6.09. The van der Waals surface area contributed by atoms with Crippen molar-refractivity contribution >= 4 is 30.4 Å². The number of hydrogen-bond donors (Lipinski definition) is 0. The van der Waals surface area contributed by atoms with E-state index in [1.165, 1.54) is 0 Å². The van der Waals surface area contributed by atoms with Crippen molar-refractivity contribution in [3.8, 4) is 0 Å². The fraction of sp³-hybridized carbons (Fsp3) is 0.500. The van der Waals surface area contributed by atoms with Gasteiger partial charge in [0.15, 0.2) is 0 Å². The van der Waals surface area contributed by atoms with Gasteiger partial charge in [-0.05, 0) is 33.3 Å². The molecule has 2 aliphatic heterocycles. The molecule has 2 aliphatic rings. The molecule has 0 aromatic heterocycles. The number of nitrogens with zero attached hydrogens (tertiary/aromatic N) is 1. The van der Waals surface area contributed by atoms with Crippen LogP contribution < -0.4 is 5.46 Å². The van der Waals surface area contributed by atoms with Crippen LogP contribution in [0.5, 0.6) is 0 Å². The van der Waals surface area contributed by atoms with Gasteiger partial charge in [-0.3, -0.25) is 4.99 Å². The fourth-order valence-corrected chi connectivity index (χ4v) is 2.64. The monoisotopic (exact) mass is 277 g/mol. The molecule has 0 bridgehead atoms. The van der Waals surface area contributed by atoms with Crippen LogP contribution in [0.15, 0.2) is 17.1 Å². The van der Waals surface area contributed by atoms with Crippen LogP contribution in [0.1, 0.15) is 38.8 Å². The summed E-state index contributed by atoms with van der Waals surface area (Å²) < 4.78 is 12.1. The molecule has 0 radical (unpaired) electrons. The quantitative estimate of drug-likeness (QED) is 0.739. The summed E-state index contributed by atoms with van der Waals surface area (Å²) in [6.45, 7) is 8.80. The number of rotatable bonds is 1. The van der Waals surface area contributed by atoms with Gasteiger partial charge < -0.3 is 9.31 Å². The van der Waals surface area contributed by atoms with E-state index in [-0.39, 0.29) is 11.2 Å². The Labute approximate surface area is 119 Å². The molecule has 1 saturated heterocycles. The molecule has 3 rings (SSSR count). The van der Waals surface area contributed by atoms with Crippen molar-refractivity contribution in [3.63, 3.8) is 0 Å². The van der Waals surface area contributed by atoms with E-state index in [0.29, 0.717) is 11.6 Å². The molecule has 2 heterocycles. The lowest BCUT2D eigenvalue weighted by Gasteiger charge is -2.32. The number of aliphatic imine (C=N–C) groups is 1. The summed E-state index contributed by atoms with van der Waals surface area (Å²) in [6, 6.07) is 4.00. The predicted octanol–water partition coefficient (Wildman–Crippen LogP) is 2.57. The summed E-state index contributed by atoms with van der Waals surface area (Å²) in [7, 11) is -0.414. The van der Waals surface area contributed by atoms with Crippen molar-refractivity contribution < 1.29 is 9.31 Å². The SMILES string of the molecule is CC1(C)OB(c2ccc3c(c2Cl)CN=C3)OC1(C)C. The second kappa shape index (κ2) is 4.08. The maximum atomic E-state index is 6.48. The molecule has 19 heavy (non-hydrogen) atoms. The van der Waals surface area contributed by atoms with Crippen LogP contribution in [0.25, 0.3) is 0 Å². The van der Waals surface area contributed by atoms with E-state index in [4.69, 9.17) is 20.9 Å². The van der Waals surface area contributed by atoms with E-state index in [9.17, 15) is 0 Å². The lowest BCUT2D eigenvalue weighted by molar-refractivity contribution is 0.00578. The Hall–Kier alpha value is -0.835. The molecular weight excluding hydrogens is 260 g/mol. The maximum Gasteiger partial charge on any atom is 0.496 e. The summed E-state index contributed by atoms with van der Waals surface area (Å²) in [6.07, 6.45) is 1.86. The maximum absolute atomic E-state index is 6.48. The first-order valence-corrected chi connectivity index (χ1v) is 6.86. The zero-order valence-corrected chi connectivity index (χ0v) is 12.4. The van der Waals surface area contributed by atoms with Crippen LogP contribution in [0.2, 0.25) is 5.02 Å². The molecule has 1 aromatic carbocycles. The summed E-state index contributed by atoms with van der Waals surface area (Å²) in [5, 5.41) is 0.716. The van der Waals surface area contributed by atoms with Gasteiger partial charge in [-0.25, -0.2) is 0 Å². The molecule has 1 aromatic rings. The van der Waals surface area contributed by atoms with E-state index in [2.05, 4.69) is 4.99 Å². The molecular formula is C14H17BClNO2. The van der Waals surface area contributed by atoms with Crippen molar-refractivity contribution in [2.24, 2.45) is 4.99 Å². The Morgan fingerprint density at radius 2 is 1.79 bits per heavy atom. The average molecular weight is 278 g/mol. The van der Waals surface area contributed by atoms with Crippen LogP contribution in [0, 0.1) is 0 Å². The molecule has 5 heteroatoms. The van der Waals surface area contributed by atoms with Crippen molar-refractivity contribution in [2.45, 2.75) is 45.4 Å². The summed E-state index contributed by atoms with van der Waals surface area (Å²) in [4.78, 5) is 4.25. The Balaban J connectivity index is 1.98. The summed E-state index contributed by atoms with van der Waals surface area (Å²) in [5.74, 6) is 0. The third kappa shape index (κ3) is 1.94. The zero-order chi connectivity index (χ0) is 13.8. The molecule has 0 unspecified atom stereocenters. The third-order valence-corrected chi connectivity index (χ3v) is 4.74. The van der Waals surface area contributed by atoms with Crippen LogP contribution in [-0.2, 0) is 15.9 Å². The first-order chi connectivity index (χ1) is 8.82. The molecule has 0 amide bonds. The first-order valence-electron chi connectivity index (χ1n) is 6.48. The van der Waals surface area contributed by atoms with Gasteiger partial charge in [-0.2, -0.15) is 0 Å². The summed E-state index contributed by atoms with van der Waals surface area (Å²) in [5.41, 5.74) is 2.34.